The third kappa shape index (κ3) is 4.40. The van der Waals surface area contributed by atoms with Crippen LogP contribution in [-0.4, -0.2) is 54.9 Å². The number of hydrogen-bond donors (Lipinski definition) is 0. The number of imidazole rings is 1. The summed E-state index contributed by atoms with van der Waals surface area (Å²) in [7, 11) is -2.21. The second-order valence-corrected chi connectivity index (χ2v) is 13.2. The van der Waals surface area contributed by atoms with Gasteiger partial charge in [-0.25, -0.2) is 22.2 Å². The standard InChI is InChI=1S/C30H28F2N6O3S/c1-36-17-25(16-35-36)42(40,41)38(23-8-9-23)24-5-2-19-12-28-27(34-18-37(28)22-6-3-20(31)4-7-22)15-30(19,14-24)29(39)26-13-21(32)10-11-33-26/h3-4,6-7,10-13,16-18,23-24H,2,5,8-9,14-15H2,1H3/t24-,30+/m0/s1. The molecule has 4 aromatic rings. The third-order valence-corrected chi connectivity index (χ3v) is 10.6. The molecular formula is C30H28F2N6O3S. The summed E-state index contributed by atoms with van der Waals surface area (Å²) in [5, 5.41) is 4.08. The van der Waals surface area contributed by atoms with Gasteiger partial charge in [0.1, 0.15) is 22.2 Å². The van der Waals surface area contributed by atoms with Crippen LogP contribution in [0.4, 0.5) is 8.78 Å². The van der Waals surface area contributed by atoms with Gasteiger partial charge in [0, 0.05) is 49.7 Å². The van der Waals surface area contributed by atoms with Crippen LogP contribution >= 0.6 is 0 Å². The number of carbonyl (C=O) groups is 1. The zero-order chi connectivity index (χ0) is 29.2. The Labute approximate surface area is 241 Å². The van der Waals surface area contributed by atoms with Gasteiger partial charge in [-0.2, -0.15) is 9.40 Å². The molecule has 42 heavy (non-hydrogen) atoms. The first-order valence-corrected chi connectivity index (χ1v) is 15.3. The maximum atomic E-state index is 14.4. The predicted octanol–water partition coefficient (Wildman–Crippen LogP) is 4.49. The molecule has 12 heteroatoms. The van der Waals surface area contributed by atoms with E-state index in [1.54, 1.807) is 29.8 Å². The van der Waals surface area contributed by atoms with E-state index in [-0.39, 0.29) is 41.1 Å². The van der Waals surface area contributed by atoms with Crippen LogP contribution in [0.5, 0.6) is 0 Å². The molecule has 2 atom stereocenters. The van der Waals surface area contributed by atoms with Crippen molar-refractivity contribution in [1.82, 2.24) is 28.6 Å². The highest BCUT2D eigenvalue weighted by Crippen LogP contribution is 2.52. The van der Waals surface area contributed by atoms with Gasteiger partial charge in [-0.1, -0.05) is 5.57 Å². The van der Waals surface area contributed by atoms with Crippen LogP contribution in [-0.2, 0) is 23.5 Å². The normalized spacial score (nSPS) is 22.0. The minimum absolute atomic E-state index is 0.00365. The molecule has 3 heterocycles. The summed E-state index contributed by atoms with van der Waals surface area (Å²) in [6.45, 7) is 0. The minimum atomic E-state index is -3.88. The molecule has 2 fully saturated rings. The fourth-order valence-corrected chi connectivity index (χ4v) is 8.40. The number of Topliss-reactive ketones (excluding diaryl/α,β-unsaturated/α-hetero) is 1. The average Bonchev–Trinajstić information content (AvgIpc) is 3.55. The molecule has 3 aromatic heterocycles. The van der Waals surface area contributed by atoms with Gasteiger partial charge in [0.05, 0.1) is 29.3 Å². The van der Waals surface area contributed by atoms with Crippen LogP contribution in [0.25, 0.3) is 11.8 Å². The Morgan fingerprint density at radius 3 is 2.52 bits per heavy atom. The Hall–Kier alpha value is -4.03. The molecule has 0 unspecified atom stereocenters. The van der Waals surface area contributed by atoms with Crippen LogP contribution in [0.3, 0.4) is 0 Å². The van der Waals surface area contributed by atoms with Crippen LogP contribution in [0, 0.1) is 17.0 Å². The summed E-state index contributed by atoms with van der Waals surface area (Å²) >= 11 is 0. The Kier molecular flexibility index (Phi) is 6.24. The minimum Gasteiger partial charge on any atom is -0.299 e. The lowest BCUT2D eigenvalue weighted by atomic mass is 9.61. The number of fused-ring (bicyclic) bond motifs is 2. The molecule has 1 aromatic carbocycles. The highest BCUT2D eigenvalue weighted by Gasteiger charge is 2.54. The van der Waals surface area contributed by atoms with Gasteiger partial charge in [0.2, 0.25) is 10.0 Å². The van der Waals surface area contributed by atoms with E-state index in [1.807, 2.05) is 10.6 Å². The number of aromatic nitrogens is 5. The van der Waals surface area contributed by atoms with Gasteiger partial charge in [0.15, 0.2) is 5.78 Å². The summed E-state index contributed by atoms with van der Waals surface area (Å²) in [5.41, 5.74) is 1.84. The lowest BCUT2D eigenvalue weighted by Gasteiger charge is -2.46. The molecule has 0 bridgehead atoms. The van der Waals surface area contributed by atoms with Crippen LogP contribution in [0.15, 0.2) is 71.8 Å². The molecule has 9 nitrogen and oxygen atoms in total. The van der Waals surface area contributed by atoms with Crippen molar-refractivity contribution in [3.63, 3.8) is 0 Å². The summed E-state index contributed by atoms with van der Waals surface area (Å²) in [6.07, 6.45) is 10.6. The molecule has 0 saturated heterocycles. The topological polar surface area (TPSA) is 103 Å². The van der Waals surface area contributed by atoms with Crippen molar-refractivity contribution in [3.8, 4) is 5.69 Å². The number of halogens is 2. The van der Waals surface area contributed by atoms with Crippen molar-refractivity contribution in [3.05, 3.63) is 95.6 Å². The van der Waals surface area contributed by atoms with Crippen molar-refractivity contribution < 1.29 is 22.0 Å². The highest BCUT2D eigenvalue weighted by molar-refractivity contribution is 7.89. The number of nitrogens with zero attached hydrogens (tertiary/aromatic N) is 6. The number of benzene rings is 1. The lowest BCUT2D eigenvalue weighted by molar-refractivity contribution is 0.0731. The van der Waals surface area contributed by atoms with E-state index in [0.29, 0.717) is 18.5 Å². The van der Waals surface area contributed by atoms with E-state index in [1.165, 1.54) is 41.5 Å². The Balaban J connectivity index is 1.32. The Bertz CT molecular complexity index is 1840. The molecule has 0 spiro atoms. The monoisotopic (exact) mass is 590 g/mol. The largest absolute Gasteiger partial charge is 0.299 e. The second kappa shape index (κ2) is 9.77. The second-order valence-electron chi connectivity index (χ2n) is 11.4. The summed E-state index contributed by atoms with van der Waals surface area (Å²) in [5.74, 6) is -1.27. The van der Waals surface area contributed by atoms with Gasteiger partial charge in [-0.05, 0) is 68.5 Å². The molecule has 0 aliphatic heterocycles. The van der Waals surface area contributed by atoms with Crippen molar-refractivity contribution in [1.29, 1.82) is 0 Å². The van der Waals surface area contributed by atoms with E-state index < -0.39 is 27.3 Å². The van der Waals surface area contributed by atoms with Crippen LogP contribution < -0.4 is 0 Å². The molecule has 2 saturated carbocycles. The first-order chi connectivity index (χ1) is 20.2. The highest BCUT2D eigenvalue weighted by atomic mass is 32.2. The number of carbonyl (C=O) groups excluding carboxylic acids is 1. The SMILES string of the molecule is Cn1cc(S(=O)(=O)N(C2CC2)[C@H]2CCC3=Cc4c(ncn4-c4ccc(F)cc4)C[C@]3(C(=O)c3cc(F)ccn3)C2)cn1. The lowest BCUT2D eigenvalue weighted by Crippen LogP contribution is -2.51. The van der Waals surface area contributed by atoms with Gasteiger partial charge in [-0.3, -0.25) is 19.0 Å². The summed E-state index contributed by atoms with van der Waals surface area (Å²) < 4.78 is 60.7. The zero-order valence-electron chi connectivity index (χ0n) is 22.8. The molecule has 3 aliphatic carbocycles. The molecule has 3 aliphatic rings. The van der Waals surface area contributed by atoms with Crippen molar-refractivity contribution >= 4 is 21.9 Å². The Morgan fingerprint density at radius 2 is 1.83 bits per heavy atom. The van der Waals surface area contributed by atoms with Crippen molar-refractivity contribution in [2.75, 3.05) is 0 Å². The molecule has 0 radical (unpaired) electrons. The molecule has 0 amide bonds. The quantitative estimate of drug-likeness (QED) is 0.294. The van der Waals surface area contributed by atoms with Crippen molar-refractivity contribution in [2.45, 2.75) is 55.5 Å². The zero-order valence-corrected chi connectivity index (χ0v) is 23.6. The van der Waals surface area contributed by atoms with E-state index >= 15 is 0 Å². The van der Waals surface area contributed by atoms with Gasteiger partial charge in [-0.15, -0.1) is 0 Å². The predicted molar refractivity (Wildman–Crippen MR) is 149 cm³/mol. The number of rotatable bonds is 7. The van der Waals surface area contributed by atoms with Crippen LogP contribution in [0.1, 0.15) is 54.0 Å². The smallest absolute Gasteiger partial charge is 0.246 e. The molecule has 7 rings (SSSR count). The maximum absolute atomic E-state index is 14.4. The fraction of sp³-hybridized carbons (Fsp3) is 0.333. The first-order valence-electron chi connectivity index (χ1n) is 13.9. The summed E-state index contributed by atoms with van der Waals surface area (Å²) in [4.78, 5) is 23.4. The number of allylic oxidation sites excluding steroid dienone is 1. The number of sulfonamides is 1. The molecule has 216 valence electrons. The first kappa shape index (κ1) is 26.8. The van der Waals surface area contributed by atoms with E-state index in [2.05, 4.69) is 15.1 Å². The fourth-order valence-electron chi connectivity index (χ4n) is 6.52. The molecular weight excluding hydrogens is 562 g/mol. The summed E-state index contributed by atoms with van der Waals surface area (Å²) in [6, 6.07) is 7.78. The number of ketones is 1. The Morgan fingerprint density at radius 1 is 1.05 bits per heavy atom. The number of aryl methyl sites for hydroxylation is 1. The van der Waals surface area contributed by atoms with Gasteiger partial charge in [0.25, 0.3) is 0 Å². The van der Waals surface area contributed by atoms with Crippen LogP contribution in [0.2, 0.25) is 0 Å². The number of pyridine rings is 1. The average molecular weight is 591 g/mol. The van der Waals surface area contributed by atoms with Gasteiger partial charge >= 0.3 is 0 Å². The molecule has 0 N–H and O–H groups in total. The maximum Gasteiger partial charge on any atom is 0.246 e. The number of hydrogen-bond acceptors (Lipinski definition) is 6. The van der Waals surface area contributed by atoms with Crippen molar-refractivity contribution in [2.24, 2.45) is 12.5 Å². The van der Waals surface area contributed by atoms with E-state index in [9.17, 15) is 22.0 Å². The third-order valence-electron chi connectivity index (χ3n) is 8.63. The van der Waals surface area contributed by atoms with Gasteiger partial charge < -0.3 is 0 Å². The van der Waals surface area contributed by atoms with E-state index in [4.69, 9.17) is 0 Å². The van der Waals surface area contributed by atoms with E-state index in [0.717, 1.165) is 35.9 Å².